The van der Waals surface area contributed by atoms with Crippen molar-refractivity contribution >= 4 is 6.08 Å². The molecule has 1 rings (SSSR count). The Morgan fingerprint density at radius 3 is 2.61 bits per heavy atom. The first-order valence-electron chi connectivity index (χ1n) is 6.26. The molecule has 1 aromatic carbocycles. The van der Waals surface area contributed by atoms with Gasteiger partial charge in [-0.1, -0.05) is 26.0 Å². The second-order valence-electron chi connectivity index (χ2n) is 4.56. The lowest BCUT2D eigenvalue weighted by Crippen LogP contribution is -2.19. The minimum atomic E-state index is 0.671. The van der Waals surface area contributed by atoms with Gasteiger partial charge < -0.3 is 14.8 Å². The molecule has 0 saturated heterocycles. The van der Waals surface area contributed by atoms with Crippen molar-refractivity contribution in [2.45, 2.75) is 13.8 Å². The van der Waals surface area contributed by atoms with Crippen molar-refractivity contribution in [2.75, 3.05) is 27.3 Å². The van der Waals surface area contributed by atoms with Crippen LogP contribution >= 0.6 is 0 Å². The summed E-state index contributed by atoms with van der Waals surface area (Å²) >= 11 is 0. The summed E-state index contributed by atoms with van der Waals surface area (Å²) in [4.78, 5) is 0. The van der Waals surface area contributed by atoms with Crippen LogP contribution in [0.3, 0.4) is 0 Å². The van der Waals surface area contributed by atoms with Crippen molar-refractivity contribution in [1.29, 1.82) is 0 Å². The van der Waals surface area contributed by atoms with Crippen molar-refractivity contribution < 1.29 is 9.47 Å². The minimum absolute atomic E-state index is 0.671. The third-order valence-corrected chi connectivity index (χ3v) is 2.55. The van der Waals surface area contributed by atoms with E-state index < -0.39 is 0 Å². The Kier molecular flexibility index (Phi) is 6.29. The van der Waals surface area contributed by atoms with Gasteiger partial charge in [0.1, 0.15) is 11.5 Å². The van der Waals surface area contributed by atoms with Crippen LogP contribution in [0.25, 0.3) is 6.08 Å². The van der Waals surface area contributed by atoms with Gasteiger partial charge in [0.2, 0.25) is 0 Å². The van der Waals surface area contributed by atoms with E-state index in [2.05, 4.69) is 31.3 Å². The van der Waals surface area contributed by atoms with Crippen LogP contribution < -0.4 is 14.8 Å². The molecule has 0 heterocycles. The molecular weight excluding hydrogens is 226 g/mol. The Bertz CT molecular complexity index is 386. The molecule has 3 heteroatoms. The number of ether oxygens (including phenoxy) is 2. The highest BCUT2D eigenvalue weighted by molar-refractivity contribution is 5.59. The van der Waals surface area contributed by atoms with Crippen LogP contribution in [0.2, 0.25) is 0 Å². The van der Waals surface area contributed by atoms with E-state index in [1.807, 2.05) is 18.2 Å². The molecule has 18 heavy (non-hydrogen) atoms. The van der Waals surface area contributed by atoms with Crippen molar-refractivity contribution in [2.24, 2.45) is 5.92 Å². The summed E-state index contributed by atoms with van der Waals surface area (Å²) < 4.78 is 10.5. The quantitative estimate of drug-likeness (QED) is 0.754. The lowest BCUT2D eigenvalue weighted by Gasteiger charge is -2.07. The molecule has 1 aromatic rings. The topological polar surface area (TPSA) is 30.5 Å². The van der Waals surface area contributed by atoms with Gasteiger partial charge in [-0.15, -0.1) is 0 Å². The molecule has 3 nitrogen and oxygen atoms in total. The Labute approximate surface area is 110 Å². The molecule has 0 amide bonds. The molecule has 0 aliphatic heterocycles. The van der Waals surface area contributed by atoms with Crippen LogP contribution in [0.4, 0.5) is 0 Å². The van der Waals surface area contributed by atoms with Crippen molar-refractivity contribution in [1.82, 2.24) is 5.32 Å². The molecule has 0 bridgehead atoms. The van der Waals surface area contributed by atoms with Gasteiger partial charge in [-0.25, -0.2) is 0 Å². The third-order valence-electron chi connectivity index (χ3n) is 2.55. The van der Waals surface area contributed by atoms with Crippen LogP contribution in [0.5, 0.6) is 11.5 Å². The molecule has 0 aromatic heterocycles. The molecule has 0 unspecified atom stereocenters. The zero-order valence-electron chi connectivity index (χ0n) is 11.7. The predicted octanol–water partition coefficient (Wildman–Crippen LogP) is 2.96. The van der Waals surface area contributed by atoms with E-state index in [-0.39, 0.29) is 0 Å². The first-order chi connectivity index (χ1) is 8.67. The van der Waals surface area contributed by atoms with Gasteiger partial charge in [0.25, 0.3) is 0 Å². The predicted molar refractivity (Wildman–Crippen MR) is 76.3 cm³/mol. The fourth-order valence-corrected chi connectivity index (χ4v) is 1.61. The van der Waals surface area contributed by atoms with Crippen molar-refractivity contribution in [3.8, 4) is 11.5 Å². The van der Waals surface area contributed by atoms with Gasteiger partial charge in [-0.3, -0.25) is 0 Å². The third kappa shape index (κ3) is 4.80. The van der Waals surface area contributed by atoms with Gasteiger partial charge in [-0.2, -0.15) is 0 Å². The Morgan fingerprint density at radius 1 is 1.22 bits per heavy atom. The summed E-state index contributed by atoms with van der Waals surface area (Å²) in [5.74, 6) is 2.37. The fraction of sp³-hybridized carbons (Fsp3) is 0.467. The van der Waals surface area contributed by atoms with Gasteiger partial charge in [0.15, 0.2) is 0 Å². The zero-order valence-corrected chi connectivity index (χ0v) is 11.7. The van der Waals surface area contributed by atoms with E-state index in [1.165, 1.54) is 0 Å². The summed E-state index contributed by atoms with van der Waals surface area (Å²) in [6.45, 7) is 6.28. The highest BCUT2D eigenvalue weighted by Gasteiger charge is 2.01. The summed E-state index contributed by atoms with van der Waals surface area (Å²) in [7, 11) is 3.34. The maximum Gasteiger partial charge on any atom is 0.126 e. The average molecular weight is 249 g/mol. The summed E-state index contributed by atoms with van der Waals surface area (Å²) in [6, 6.07) is 5.78. The maximum absolute atomic E-state index is 5.31. The van der Waals surface area contributed by atoms with Crippen LogP contribution in [0.15, 0.2) is 24.3 Å². The Morgan fingerprint density at radius 2 is 2.00 bits per heavy atom. The van der Waals surface area contributed by atoms with E-state index in [9.17, 15) is 0 Å². The average Bonchev–Trinajstić information content (AvgIpc) is 2.37. The largest absolute Gasteiger partial charge is 0.497 e. The number of benzene rings is 1. The van der Waals surface area contributed by atoms with Crippen LogP contribution in [-0.2, 0) is 0 Å². The standard InChI is InChI=1S/C15H23NO2/c1-12(2)11-16-9-5-6-13-10-14(17-3)7-8-15(13)18-4/h5-8,10,12,16H,9,11H2,1-4H3. The number of nitrogens with one attached hydrogen (secondary N) is 1. The molecule has 0 spiro atoms. The highest BCUT2D eigenvalue weighted by Crippen LogP contribution is 2.24. The van der Waals surface area contributed by atoms with Crippen LogP contribution in [0.1, 0.15) is 19.4 Å². The number of hydrogen-bond acceptors (Lipinski definition) is 3. The van der Waals surface area contributed by atoms with Gasteiger partial charge in [0.05, 0.1) is 14.2 Å². The molecular formula is C15H23NO2. The van der Waals surface area contributed by atoms with E-state index >= 15 is 0 Å². The van der Waals surface area contributed by atoms with Crippen LogP contribution in [0, 0.1) is 5.92 Å². The summed E-state index contributed by atoms with van der Waals surface area (Å²) in [6.07, 6.45) is 4.15. The van der Waals surface area contributed by atoms with Gasteiger partial charge in [0, 0.05) is 12.1 Å². The molecule has 100 valence electrons. The number of rotatable bonds is 7. The SMILES string of the molecule is COc1ccc(OC)c(C=CCNCC(C)C)c1. The van der Waals surface area contributed by atoms with E-state index in [0.717, 1.165) is 30.2 Å². The second-order valence-corrected chi connectivity index (χ2v) is 4.56. The summed E-state index contributed by atoms with van der Waals surface area (Å²) in [5, 5.41) is 3.36. The lowest BCUT2D eigenvalue weighted by atomic mass is 10.1. The van der Waals surface area contributed by atoms with Crippen molar-refractivity contribution in [3.63, 3.8) is 0 Å². The minimum Gasteiger partial charge on any atom is -0.497 e. The maximum atomic E-state index is 5.31. The first kappa shape index (κ1) is 14.6. The molecule has 1 N–H and O–H groups in total. The summed E-state index contributed by atoms with van der Waals surface area (Å²) in [5.41, 5.74) is 1.03. The smallest absolute Gasteiger partial charge is 0.126 e. The molecule has 0 radical (unpaired) electrons. The normalized spacial score (nSPS) is 11.2. The highest BCUT2D eigenvalue weighted by atomic mass is 16.5. The van der Waals surface area contributed by atoms with E-state index in [0.29, 0.717) is 5.92 Å². The van der Waals surface area contributed by atoms with Gasteiger partial charge in [-0.05, 0) is 30.7 Å². The van der Waals surface area contributed by atoms with E-state index in [4.69, 9.17) is 9.47 Å². The van der Waals surface area contributed by atoms with E-state index in [1.54, 1.807) is 14.2 Å². The molecule has 0 saturated carbocycles. The second kappa shape index (κ2) is 7.77. The molecule has 0 fully saturated rings. The molecule has 0 atom stereocenters. The Hall–Kier alpha value is -1.48. The van der Waals surface area contributed by atoms with Gasteiger partial charge >= 0.3 is 0 Å². The number of methoxy groups -OCH3 is 2. The van der Waals surface area contributed by atoms with Crippen molar-refractivity contribution in [3.05, 3.63) is 29.8 Å². The number of hydrogen-bond donors (Lipinski definition) is 1. The van der Waals surface area contributed by atoms with Crippen LogP contribution in [-0.4, -0.2) is 27.3 Å². The Balaban J connectivity index is 2.61. The fourth-order valence-electron chi connectivity index (χ4n) is 1.61. The zero-order chi connectivity index (χ0) is 13.4. The monoisotopic (exact) mass is 249 g/mol. The lowest BCUT2D eigenvalue weighted by molar-refractivity contribution is 0.402. The first-order valence-corrected chi connectivity index (χ1v) is 6.26. The molecule has 0 aliphatic rings. The molecule has 0 aliphatic carbocycles.